The molecule has 0 aromatic carbocycles. The summed E-state index contributed by atoms with van der Waals surface area (Å²) in [5.41, 5.74) is 2.01. The Kier molecular flexibility index (Phi) is 4.32. The molecule has 0 aromatic heterocycles. The van der Waals surface area contributed by atoms with E-state index in [9.17, 15) is 9.59 Å². The highest BCUT2D eigenvalue weighted by Crippen LogP contribution is 2.54. The quantitative estimate of drug-likeness (QED) is 0.573. The summed E-state index contributed by atoms with van der Waals surface area (Å²) < 4.78 is 15.8. The third kappa shape index (κ3) is 2.38. The number of hydrogen-bond acceptors (Lipinski definition) is 6. The van der Waals surface area contributed by atoms with E-state index < -0.39 is 11.9 Å². The van der Waals surface area contributed by atoms with E-state index in [4.69, 9.17) is 14.2 Å². The van der Waals surface area contributed by atoms with Crippen LogP contribution in [0.4, 0.5) is 0 Å². The second-order valence-electron chi connectivity index (χ2n) is 5.63. The molecule has 1 saturated carbocycles. The lowest BCUT2D eigenvalue weighted by atomic mass is 9.72. The second kappa shape index (κ2) is 6.08. The molecule has 2 unspecified atom stereocenters. The van der Waals surface area contributed by atoms with Gasteiger partial charge in [-0.2, -0.15) is 0 Å². The van der Waals surface area contributed by atoms with Gasteiger partial charge in [0.05, 0.1) is 32.0 Å². The third-order valence-electron chi connectivity index (χ3n) is 4.60. The van der Waals surface area contributed by atoms with Gasteiger partial charge in [-0.1, -0.05) is 6.08 Å². The van der Waals surface area contributed by atoms with E-state index in [1.807, 2.05) is 0 Å². The Labute approximate surface area is 134 Å². The molecule has 2 fully saturated rings. The average Bonchev–Trinajstić information content (AvgIpc) is 3.01. The van der Waals surface area contributed by atoms with E-state index in [-0.39, 0.29) is 10.9 Å². The molecule has 0 bridgehead atoms. The molecule has 120 valence electrons. The molecule has 0 N–H and O–H groups in total. The van der Waals surface area contributed by atoms with Gasteiger partial charge in [0.2, 0.25) is 0 Å². The molecule has 3 rings (SSSR count). The Bertz CT molecular complexity index is 557. The lowest BCUT2D eigenvalue weighted by Crippen LogP contribution is -2.39. The van der Waals surface area contributed by atoms with Crippen LogP contribution in [0.5, 0.6) is 0 Å². The monoisotopic (exact) mass is 324 g/mol. The summed E-state index contributed by atoms with van der Waals surface area (Å²) in [5.74, 6) is -0.0217. The first-order valence-electron chi connectivity index (χ1n) is 7.51. The number of rotatable bonds is 2. The summed E-state index contributed by atoms with van der Waals surface area (Å²) in [5, 5.41) is 0. The zero-order chi connectivity index (χ0) is 15.7. The standard InChI is InChI=1S/C16H20O5S/c1-19-14(17)11-5-6-12-10(13(11)15(18)20-2)4-3-7-16(12)21-8-9-22-16/h6,10H,3-5,7-9H2,1-2H3. The van der Waals surface area contributed by atoms with Crippen LogP contribution in [0.3, 0.4) is 0 Å². The van der Waals surface area contributed by atoms with Gasteiger partial charge in [0.25, 0.3) is 0 Å². The van der Waals surface area contributed by atoms with Crippen molar-refractivity contribution in [2.24, 2.45) is 5.92 Å². The van der Waals surface area contributed by atoms with Crippen LogP contribution < -0.4 is 0 Å². The first-order chi connectivity index (χ1) is 10.6. The van der Waals surface area contributed by atoms with Crippen LogP contribution in [0, 0.1) is 5.92 Å². The van der Waals surface area contributed by atoms with Crippen LogP contribution in [-0.4, -0.2) is 43.5 Å². The number of thioether (sulfide) groups is 1. The van der Waals surface area contributed by atoms with E-state index in [0.717, 1.165) is 37.2 Å². The number of carbonyl (C=O) groups is 2. The second-order valence-corrected chi connectivity index (χ2v) is 6.99. The van der Waals surface area contributed by atoms with Gasteiger partial charge in [-0.3, -0.25) is 0 Å². The molecule has 1 heterocycles. The van der Waals surface area contributed by atoms with Crippen molar-refractivity contribution in [1.29, 1.82) is 0 Å². The number of ether oxygens (including phenoxy) is 3. The smallest absolute Gasteiger partial charge is 0.334 e. The number of esters is 2. The fourth-order valence-corrected chi connectivity index (χ4v) is 5.04. The van der Waals surface area contributed by atoms with Gasteiger partial charge in [0.15, 0.2) is 0 Å². The molecule has 3 aliphatic rings. The van der Waals surface area contributed by atoms with E-state index in [0.29, 0.717) is 17.6 Å². The normalized spacial score (nSPS) is 30.8. The van der Waals surface area contributed by atoms with Gasteiger partial charge < -0.3 is 14.2 Å². The van der Waals surface area contributed by atoms with Crippen molar-refractivity contribution in [3.63, 3.8) is 0 Å². The average molecular weight is 324 g/mol. The minimum atomic E-state index is -0.449. The van der Waals surface area contributed by atoms with Crippen molar-refractivity contribution in [2.75, 3.05) is 26.6 Å². The summed E-state index contributed by atoms with van der Waals surface area (Å²) >= 11 is 1.81. The first-order valence-corrected chi connectivity index (χ1v) is 8.49. The zero-order valence-corrected chi connectivity index (χ0v) is 13.7. The third-order valence-corrected chi connectivity index (χ3v) is 6.00. The van der Waals surface area contributed by atoms with Gasteiger partial charge in [-0.15, -0.1) is 11.8 Å². The number of fused-ring (bicyclic) bond motifs is 2. The summed E-state index contributed by atoms with van der Waals surface area (Å²) in [7, 11) is 2.68. The molecule has 0 amide bonds. The Hall–Kier alpha value is -1.27. The highest BCUT2D eigenvalue weighted by atomic mass is 32.2. The number of hydrogen-bond donors (Lipinski definition) is 0. The van der Waals surface area contributed by atoms with Crippen molar-refractivity contribution in [1.82, 2.24) is 0 Å². The molecular weight excluding hydrogens is 304 g/mol. The van der Waals surface area contributed by atoms with Crippen LogP contribution in [-0.2, 0) is 23.8 Å². The van der Waals surface area contributed by atoms with E-state index in [1.54, 1.807) is 11.8 Å². The van der Waals surface area contributed by atoms with E-state index >= 15 is 0 Å². The molecular formula is C16H20O5S. The van der Waals surface area contributed by atoms with E-state index in [2.05, 4.69) is 6.08 Å². The molecule has 1 spiro atoms. The Morgan fingerprint density at radius 1 is 1.32 bits per heavy atom. The Morgan fingerprint density at radius 3 is 2.73 bits per heavy atom. The molecule has 2 atom stereocenters. The van der Waals surface area contributed by atoms with Crippen LogP contribution in [0.1, 0.15) is 25.7 Å². The minimum Gasteiger partial charge on any atom is -0.466 e. The molecule has 2 aliphatic carbocycles. The highest BCUT2D eigenvalue weighted by molar-refractivity contribution is 8.00. The molecule has 0 aromatic rings. The van der Waals surface area contributed by atoms with Crippen molar-refractivity contribution in [2.45, 2.75) is 30.6 Å². The SMILES string of the molecule is COC(=O)C1=C(C(=O)OC)C2CCCC3(OCCS3)C2=CC1. The van der Waals surface area contributed by atoms with Gasteiger partial charge in [0, 0.05) is 11.7 Å². The van der Waals surface area contributed by atoms with Crippen molar-refractivity contribution < 1.29 is 23.8 Å². The fraction of sp³-hybridized carbons (Fsp3) is 0.625. The highest BCUT2D eigenvalue weighted by Gasteiger charge is 2.49. The summed E-state index contributed by atoms with van der Waals surface area (Å²) in [6.45, 7) is 0.732. The molecule has 1 aliphatic heterocycles. The number of allylic oxidation sites excluding steroid dienone is 1. The van der Waals surface area contributed by atoms with E-state index in [1.165, 1.54) is 14.2 Å². The summed E-state index contributed by atoms with van der Waals surface area (Å²) in [6, 6.07) is 0. The fourth-order valence-electron chi connectivity index (χ4n) is 3.69. The van der Waals surface area contributed by atoms with Crippen molar-refractivity contribution in [3.05, 3.63) is 22.8 Å². The lowest BCUT2D eigenvalue weighted by Gasteiger charge is -2.42. The minimum absolute atomic E-state index is 0.102. The van der Waals surface area contributed by atoms with Crippen LogP contribution in [0.25, 0.3) is 0 Å². The maximum absolute atomic E-state index is 12.3. The molecule has 6 heteroatoms. The van der Waals surface area contributed by atoms with Gasteiger partial charge >= 0.3 is 11.9 Å². The Balaban J connectivity index is 2.02. The zero-order valence-electron chi connectivity index (χ0n) is 12.8. The number of methoxy groups -OCH3 is 2. The molecule has 5 nitrogen and oxygen atoms in total. The summed E-state index contributed by atoms with van der Waals surface area (Å²) in [4.78, 5) is 24.0. The van der Waals surface area contributed by atoms with Crippen LogP contribution >= 0.6 is 11.8 Å². The lowest BCUT2D eigenvalue weighted by molar-refractivity contribution is -0.140. The van der Waals surface area contributed by atoms with Crippen molar-refractivity contribution >= 4 is 23.7 Å². The van der Waals surface area contributed by atoms with Crippen LogP contribution in [0.2, 0.25) is 0 Å². The van der Waals surface area contributed by atoms with Gasteiger partial charge in [0.1, 0.15) is 4.93 Å². The largest absolute Gasteiger partial charge is 0.466 e. The predicted octanol–water partition coefficient (Wildman–Crippen LogP) is 2.22. The molecule has 1 saturated heterocycles. The first kappa shape index (κ1) is 15.6. The van der Waals surface area contributed by atoms with Crippen molar-refractivity contribution in [3.8, 4) is 0 Å². The molecule has 0 radical (unpaired) electrons. The summed E-state index contributed by atoms with van der Waals surface area (Å²) in [6.07, 6.45) is 5.21. The van der Waals surface area contributed by atoms with Gasteiger partial charge in [-0.05, 0) is 31.3 Å². The van der Waals surface area contributed by atoms with Crippen LogP contribution in [0.15, 0.2) is 22.8 Å². The predicted molar refractivity (Wildman–Crippen MR) is 82.2 cm³/mol. The topological polar surface area (TPSA) is 61.8 Å². The van der Waals surface area contributed by atoms with Gasteiger partial charge in [-0.25, -0.2) is 9.59 Å². The maximum Gasteiger partial charge on any atom is 0.334 e. The maximum atomic E-state index is 12.3. The number of carbonyl (C=O) groups excluding carboxylic acids is 2. The molecule has 22 heavy (non-hydrogen) atoms. The Morgan fingerprint density at radius 2 is 2.09 bits per heavy atom.